The van der Waals surface area contributed by atoms with Gasteiger partial charge >= 0.3 is 0 Å². The van der Waals surface area contributed by atoms with Crippen molar-refractivity contribution in [3.05, 3.63) is 179 Å². The van der Waals surface area contributed by atoms with E-state index in [4.69, 9.17) is 4.42 Å². The van der Waals surface area contributed by atoms with Crippen LogP contribution in [-0.4, -0.2) is 8.97 Å². The topological polar surface area (TPSA) is 39.5 Å². The molecule has 4 heteroatoms. The number of benzene rings is 8. The molecule has 4 heterocycles. The summed E-state index contributed by atoms with van der Waals surface area (Å²) in [5.41, 5.74) is 14.5. The molecule has 0 saturated carbocycles. The summed E-state index contributed by atoms with van der Waals surface area (Å²) < 4.78 is 11.0. The third kappa shape index (κ3) is 3.62. The van der Waals surface area contributed by atoms with Gasteiger partial charge in [-0.15, -0.1) is 0 Å². The van der Waals surface area contributed by atoms with E-state index in [0.29, 0.717) is 5.39 Å². The molecule has 1 aliphatic carbocycles. The van der Waals surface area contributed by atoms with E-state index in [0.717, 1.165) is 71.3 Å². The van der Waals surface area contributed by atoms with Crippen LogP contribution >= 0.6 is 0 Å². The standard InChI is InChI=1S/C52H32N2O2/c1-52(2)41-17-6-3-13-38(41)48-42(52)25-24-36-33-12-4-7-18-43(33)53(50(36)48)30-22-26-45-40(28-30)47-31(14-10-20-46(47)56-45)29-21-23-37-39(27-29)35-16-9-15-34-32-11-5-8-19-44(32)54(49(34)35)51(37)55/h3-28H,1-2H3. The maximum absolute atomic E-state index is 14.2. The van der Waals surface area contributed by atoms with Crippen molar-refractivity contribution in [2.24, 2.45) is 0 Å². The van der Waals surface area contributed by atoms with Crippen molar-refractivity contribution in [1.82, 2.24) is 8.97 Å². The third-order valence-corrected chi connectivity index (χ3v) is 12.9. The fourth-order valence-electron chi connectivity index (χ4n) is 10.4. The Labute approximate surface area is 320 Å². The van der Waals surface area contributed by atoms with Gasteiger partial charge in [-0.1, -0.05) is 123 Å². The number of hydrogen-bond donors (Lipinski definition) is 0. The van der Waals surface area contributed by atoms with E-state index in [-0.39, 0.29) is 11.0 Å². The van der Waals surface area contributed by atoms with Gasteiger partial charge in [-0.2, -0.15) is 0 Å². The number of fused-ring (bicyclic) bond motifs is 15. The molecule has 262 valence electrons. The van der Waals surface area contributed by atoms with Crippen LogP contribution in [0.2, 0.25) is 0 Å². The van der Waals surface area contributed by atoms with E-state index in [2.05, 4.69) is 152 Å². The highest BCUT2D eigenvalue weighted by atomic mass is 16.3. The molecule has 4 aromatic heterocycles. The van der Waals surface area contributed by atoms with E-state index >= 15 is 0 Å². The van der Waals surface area contributed by atoms with Crippen molar-refractivity contribution in [3.8, 4) is 27.9 Å². The molecular weight excluding hydrogens is 685 g/mol. The van der Waals surface area contributed by atoms with Crippen LogP contribution in [0.15, 0.2) is 167 Å². The number of rotatable bonds is 2. The normalized spacial score (nSPS) is 13.8. The summed E-state index contributed by atoms with van der Waals surface area (Å²) in [6, 6.07) is 56.2. The molecule has 0 unspecified atom stereocenters. The molecule has 0 radical (unpaired) electrons. The Balaban J connectivity index is 1.08. The first-order valence-electron chi connectivity index (χ1n) is 19.3. The molecule has 8 aromatic carbocycles. The minimum absolute atomic E-state index is 0.0109. The Bertz CT molecular complexity index is 3760. The van der Waals surface area contributed by atoms with Gasteiger partial charge in [0, 0.05) is 59.8 Å². The maximum atomic E-state index is 14.2. The Kier molecular flexibility index (Phi) is 5.56. The average molecular weight is 717 g/mol. The zero-order valence-corrected chi connectivity index (χ0v) is 30.7. The predicted octanol–water partition coefficient (Wildman–Crippen LogP) is 13.2. The predicted molar refractivity (Wildman–Crippen MR) is 232 cm³/mol. The second-order valence-electron chi connectivity index (χ2n) is 16.0. The lowest BCUT2D eigenvalue weighted by atomic mass is 9.82. The summed E-state index contributed by atoms with van der Waals surface area (Å²) in [6.07, 6.45) is 0. The average Bonchev–Trinajstić information content (AvgIpc) is 3.95. The zero-order valence-electron chi connectivity index (χ0n) is 30.7. The van der Waals surface area contributed by atoms with Crippen LogP contribution in [0.5, 0.6) is 0 Å². The molecule has 0 bridgehead atoms. The van der Waals surface area contributed by atoms with Crippen LogP contribution in [0.4, 0.5) is 0 Å². The van der Waals surface area contributed by atoms with Crippen molar-refractivity contribution in [3.63, 3.8) is 0 Å². The van der Waals surface area contributed by atoms with Crippen molar-refractivity contribution >= 4 is 81.7 Å². The van der Waals surface area contributed by atoms with E-state index < -0.39 is 0 Å². The first kappa shape index (κ1) is 30.2. The maximum Gasteiger partial charge on any atom is 0.263 e. The summed E-state index contributed by atoms with van der Waals surface area (Å²) in [5, 5.41) is 9.56. The number of furan rings is 1. The Morgan fingerprint density at radius 1 is 0.482 bits per heavy atom. The summed E-state index contributed by atoms with van der Waals surface area (Å²) in [4.78, 5) is 14.2. The number of hydrogen-bond acceptors (Lipinski definition) is 2. The molecule has 0 fully saturated rings. The monoisotopic (exact) mass is 716 g/mol. The largest absolute Gasteiger partial charge is 0.456 e. The molecule has 0 amide bonds. The van der Waals surface area contributed by atoms with Crippen molar-refractivity contribution in [2.45, 2.75) is 19.3 Å². The van der Waals surface area contributed by atoms with Crippen LogP contribution < -0.4 is 5.56 Å². The Morgan fingerprint density at radius 3 is 2.04 bits per heavy atom. The smallest absolute Gasteiger partial charge is 0.263 e. The quantitative estimate of drug-likeness (QED) is 0.167. The highest BCUT2D eigenvalue weighted by molar-refractivity contribution is 6.21. The molecule has 1 aliphatic rings. The van der Waals surface area contributed by atoms with Crippen molar-refractivity contribution in [1.29, 1.82) is 0 Å². The van der Waals surface area contributed by atoms with Crippen LogP contribution in [-0.2, 0) is 5.41 Å². The van der Waals surface area contributed by atoms with E-state index in [1.807, 2.05) is 28.7 Å². The highest BCUT2D eigenvalue weighted by Gasteiger charge is 2.37. The lowest BCUT2D eigenvalue weighted by Gasteiger charge is -2.21. The van der Waals surface area contributed by atoms with Gasteiger partial charge in [0.2, 0.25) is 0 Å². The van der Waals surface area contributed by atoms with Gasteiger partial charge in [0.05, 0.1) is 22.1 Å². The third-order valence-electron chi connectivity index (χ3n) is 12.9. The molecule has 56 heavy (non-hydrogen) atoms. The molecule has 0 saturated heterocycles. The second-order valence-corrected chi connectivity index (χ2v) is 16.0. The lowest BCUT2D eigenvalue weighted by Crippen LogP contribution is -2.14. The van der Waals surface area contributed by atoms with Gasteiger partial charge in [0.25, 0.3) is 5.56 Å². The molecule has 12 aromatic rings. The molecule has 13 rings (SSSR count). The minimum atomic E-state index is -0.109. The van der Waals surface area contributed by atoms with Crippen molar-refractivity contribution in [2.75, 3.05) is 0 Å². The minimum Gasteiger partial charge on any atom is -0.456 e. The molecule has 0 N–H and O–H groups in total. The summed E-state index contributed by atoms with van der Waals surface area (Å²) in [7, 11) is 0. The van der Waals surface area contributed by atoms with Gasteiger partial charge in [-0.25, -0.2) is 0 Å². The van der Waals surface area contributed by atoms with Crippen LogP contribution in [0.25, 0.3) is 110 Å². The van der Waals surface area contributed by atoms with Gasteiger partial charge < -0.3 is 8.98 Å². The van der Waals surface area contributed by atoms with Gasteiger partial charge in [0.1, 0.15) is 11.2 Å². The summed E-state index contributed by atoms with van der Waals surface area (Å²) in [6.45, 7) is 4.69. The molecule has 0 aliphatic heterocycles. The van der Waals surface area contributed by atoms with Gasteiger partial charge in [-0.05, 0) is 81.7 Å². The Hall–Kier alpha value is -7.17. The summed E-state index contributed by atoms with van der Waals surface area (Å²) in [5.74, 6) is 0. The number of nitrogens with zero attached hydrogens (tertiary/aromatic N) is 2. The molecule has 0 atom stereocenters. The number of aromatic nitrogens is 2. The van der Waals surface area contributed by atoms with Crippen LogP contribution in [0.1, 0.15) is 25.0 Å². The number of pyridine rings is 1. The van der Waals surface area contributed by atoms with Crippen LogP contribution in [0.3, 0.4) is 0 Å². The van der Waals surface area contributed by atoms with Crippen LogP contribution in [0, 0.1) is 0 Å². The van der Waals surface area contributed by atoms with E-state index in [1.165, 1.54) is 44.1 Å². The first-order chi connectivity index (χ1) is 27.5. The second kappa shape index (κ2) is 10.3. The first-order valence-corrected chi connectivity index (χ1v) is 19.3. The Morgan fingerprint density at radius 2 is 1.16 bits per heavy atom. The molecule has 0 spiro atoms. The fourth-order valence-corrected chi connectivity index (χ4v) is 10.4. The van der Waals surface area contributed by atoms with E-state index in [1.54, 1.807) is 0 Å². The number of para-hydroxylation sites is 3. The SMILES string of the molecule is CC1(C)c2ccccc2-c2c1ccc1c3ccccc3n(-c3ccc4oc5cccc(-c6ccc7c(=O)n8c9ccccc9c9cccc(c7c6)c98)c5c4c3)c21. The summed E-state index contributed by atoms with van der Waals surface area (Å²) >= 11 is 0. The van der Waals surface area contributed by atoms with Crippen molar-refractivity contribution < 1.29 is 4.42 Å². The highest BCUT2D eigenvalue weighted by Crippen LogP contribution is 2.53. The van der Waals surface area contributed by atoms with Gasteiger partial charge in [0.15, 0.2) is 0 Å². The van der Waals surface area contributed by atoms with E-state index in [9.17, 15) is 4.79 Å². The molecular formula is C52H32N2O2. The lowest BCUT2D eigenvalue weighted by molar-refractivity contribution is 0.661. The molecule has 4 nitrogen and oxygen atoms in total. The fraction of sp³-hybridized carbons (Fsp3) is 0.0577. The zero-order chi connectivity index (χ0) is 37.0. The van der Waals surface area contributed by atoms with Gasteiger partial charge in [-0.3, -0.25) is 9.20 Å².